The number of hydrogen-bond acceptors (Lipinski definition) is 9. The van der Waals surface area contributed by atoms with E-state index in [-0.39, 0.29) is 37.8 Å². The van der Waals surface area contributed by atoms with Gasteiger partial charge in [-0.1, -0.05) is 90.2 Å². The van der Waals surface area contributed by atoms with Gasteiger partial charge in [-0.2, -0.15) is 0 Å². The first-order valence-electron chi connectivity index (χ1n) is 21.1. The highest BCUT2D eigenvalue weighted by atomic mass is 16.5. The summed E-state index contributed by atoms with van der Waals surface area (Å²) in [5.74, 6) is -0.272. The number of hydrogen-bond donors (Lipinski definition) is 2. The third kappa shape index (κ3) is 14.5. The Balaban J connectivity index is 2.00. The Hall–Kier alpha value is -4.73. The van der Waals surface area contributed by atoms with Crippen LogP contribution < -0.4 is 4.74 Å². The van der Waals surface area contributed by atoms with Crippen LogP contribution in [0.5, 0.6) is 5.75 Å². The molecule has 2 N–H and O–H groups in total. The van der Waals surface area contributed by atoms with Gasteiger partial charge in [-0.25, -0.2) is 9.59 Å². The third-order valence-electron chi connectivity index (χ3n) is 11.1. The first kappa shape index (κ1) is 48.6. The fourth-order valence-corrected chi connectivity index (χ4v) is 6.99. The fourth-order valence-electron chi connectivity index (χ4n) is 6.99. The average Bonchev–Trinajstić information content (AvgIpc) is 3.22. The molecule has 0 heterocycles. The van der Waals surface area contributed by atoms with Crippen LogP contribution in [0, 0.1) is 10.8 Å². The van der Waals surface area contributed by atoms with Crippen LogP contribution in [0.15, 0.2) is 78.9 Å². The molecule has 0 saturated heterocycles. The van der Waals surface area contributed by atoms with E-state index in [9.17, 15) is 24.6 Å². The molecule has 9 nitrogen and oxygen atoms in total. The average molecular weight is 813 g/mol. The number of aryl methyl sites for hydroxylation is 4. The molecule has 0 saturated carbocycles. The molecule has 0 aliphatic carbocycles. The highest BCUT2D eigenvalue weighted by Gasteiger charge is 2.40. The Morgan fingerprint density at radius 1 is 0.627 bits per heavy atom. The van der Waals surface area contributed by atoms with E-state index in [1.165, 1.54) is 11.1 Å². The van der Waals surface area contributed by atoms with Crippen molar-refractivity contribution in [2.45, 2.75) is 113 Å². The lowest BCUT2D eigenvalue weighted by molar-refractivity contribution is -0.143. The van der Waals surface area contributed by atoms with Crippen molar-refractivity contribution in [3.05, 3.63) is 101 Å². The van der Waals surface area contributed by atoms with Gasteiger partial charge in [-0.05, 0) is 134 Å². The Labute approximate surface area is 352 Å². The van der Waals surface area contributed by atoms with Crippen molar-refractivity contribution >= 4 is 17.9 Å². The van der Waals surface area contributed by atoms with Crippen molar-refractivity contribution < 1.29 is 43.5 Å². The number of carbonyl (C=O) groups excluding carboxylic acids is 3. The van der Waals surface area contributed by atoms with Gasteiger partial charge in [-0.15, -0.1) is 0 Å². The summed E-state index contributed by atoms with van der Waals surface area (Å²) in [5, 5.41) is 20.7. The molecule has 0 unspecified atom stereocenters. The number of benzene rings is 3. The molecule has 322 valence electrons. The van der Waals surface area contributed by atoms with Gasteiger partial charge in [0.05, 0.1) is 39.6 Å². The van der Waals surface area contributed by atoms with E-state index in [0.29, 0.717) is 69.3 Å². The maximum absolute atomic E-state index is 12.2. The van der Waals surface area contributed by atoms with Crippen LogP contribution in [0.4, 0.5) is 0 Å². The number of aliphatic hydroxyl groups is 2. The topological polar surface area (TPSA) is 129 Å². The van der Waals surface area contributed by atoms with Crippen LogP contribution in [0.3, 0.4) is 0 Å². The highest BCUT2D eigenvalue weighted by Crippen LogP contribution is 2.42. The van der Waals surface area contributed by atoms with Gasteiger partial charge >= 0.3 is 17.9 Å². The maximum atomic E-state index is 12.2. The predicted molar refractivity (Wildman–Crippen MR) is 235 cm³/mol. The van der Waals surface area contributed by atoms with Crippen LogP contribution in [0.1, 0.15) is 109 Å². The van der Waals surface area contributed by atoms with Crippen molar-refractivity contribution in [1.82, 2.24) is 0 Å². The first-order chi connectivity index (χ1) is 28.1. The lowest BCUT2D eigenvalue weighted by atomic mass is 9.65. The van der Waals surface area contributed by atoms with E-state index >= 15 is 0 Å². The summed E-state index contributed by atoms with van der Waals surface area (Å²) in [6.45, 7) is 21.7. The lowest BCUT2D eigenvalue weighted by Crippen LogP contribution is -2.42. The zero-order valence-electron chi connectivity index (χ0n) is 36.7. The van der Waals surface area contributed by atoms with Crippen molar-refractivity contribution in [2.75, 3.05) is 39.6 Å². The molecule has 0 aromatic heterocycles. The summed E-state index contributed by atoms with van der Waals surface area (Å²) in [5.41, 5.74) is 8.41. The zero-order valence-corrected chi connectivity index (χ0v) is 36.7. The van der Waals surface area contributed by atoms with Crippen LogP contribution in [0.2, 0.25) is 0 Å². The number of carbonyl (C=O) groups is 3. The molecule has 3 aromatic carbocycles. The van der Waals surface area contributed by atoms with Crippen LogP contribution in [0.25, 0.3) is 22.3 Å². The minimum absolute atomic E-state index is 0.132. The van der Waals surface area contributed by atoms with E-state index in [2.05, 4.69) is 74.7 Å². The standard InChI is InChI=1S/C50H68O9/c1-10-38-30-40(39-21-19-37(20-22-39)16-12-26-56-45(53)11-2)23-24-44(38)43-31-41(17-13-27-58-47(54)35(3)4)46(42(32-43)18-14-28-59-48(55)36(5)6)57-29-15-25-50(33-51,34-52)49(7,8)9/h19-24,30-32,51-52H,3,5,10-18,25-29,33-34H2,1-2,4,6-9H3. The fraction of sp³-hybridized carbons (Fsp3) is 0.500. The molecule has 0 radical (unpaired) electrons. The lowest BCUT2D eigenvalue weighted by Gasteiger charge is -2.42. The molecule has 0 fully saturated rings. The summed E-state index contributed by atoms with van der Waals surface area (Å²) in [6, 6.07) is 19.4. The van der Waals surface area contributed by atoms with E-state index < -0.39 is 17.4 Å². The SMILES string of the molecule is C=C(C)C(=O)OCCCc1cc(-c2ccc(-c3ccc(CCCOC(=O)CC)cc3)cc2CC)cc(CCCOC(=O)C(=C)C)c1OCCCC(CO)(CO)C(C)(C)C. The molecule has 0 amide bonds. The molecule has 0 spiro atoms. The normalized spacial score (nSPS) is 11.5. The molecular weight excluding hydrogens is 745 g/mol. The van der Waals surface area contributed by atoms with E-state index in [1.54, 1.807) is 20.8 Å². The van der Waals surface area contributed by atoms with Crippen molar-refractivity contribution in [3.63, 3.8) is 0 Å². The molecule has 59 heavy (non-hydrogen) atoms. The molecule has 3 rings (SSSR count). The zero-order chi connectivity index (χ0) is 43.6. The third-order valence-corrected chi connectivity index (χ3v) is 11.1. The summed E-state index contributed by atoms with van der Waals surface area (Å²) in [4.78, 5) is 35.8. The molecule has 9 heteroatoms. The second-order valence-electron chi connectivity index (χ2n) is 16.6. The Morgan fingerprint density at radius 2 is 1.14 bits per heavy atom. The first-order valence-corrected chi connectivity index (χ1v) is 21.1. The number of ether oxygens (including phenoxy) is 4. The highest BCUT2D eigenvalue weighted by molar-refractivity contribution is 5.87. The van der Waals surface area contributed by atoms with Gasteiger partial charge in [0.2, 0.25) is 0 Å². The Bertz CT molecular complexity index is 1810. The Kier molecular flexibility index (Phi) is 19.6. The molecular formula is C50H68O9. The predicted octanol–water partition coefficient (Wildman–Crippen LogP) is 9.75. The van der Waals surface area contributed by atoms with Gasteiger partial charge in [0.25, 0.3) is 0 Å². The molecule has 0 bridgehead atoms. The molecule has 0 aliphatic rings. The Morgan fingerprint density at radius 3 is 1.63 bits per heavy atom. The smallest absolute Gasteiger partial charge is 0.333 e. The monoisotopic (exact) mass is 812 g/mol. The van der Waals surface area contributed by atoms with Gasteiger partial charge in [0, 0.05) is 23.0 Å². The minimum Gasteiger partial charge on any atom is -0.493 e. The minimum atomic E-state index is -0.664. The largest absolute Gasteiger partial charge is 0.493 e. The summed E-state index contributed by atoms with van der Waals surface area (Å²) >= 11 is 0. The van der Waals surface area contributed by atoms with E-state index in [1.807, 2.05) is 20.8 Å². The number of aliphatic hydroxyl groups excluding tert-OH is 2. The van der Waals surface area contributed by atoms with Gasteiger partial charge in [0.1, 0.15) is 5.75 Å². The molecule has 3 aromatic rings. The quantitative estimate of drug-likeness (QED) is 0.0372. The number of rotatable bonds is 25. The van der Waals surface area contributed by atoms with Crippen LogP contribution in [-0.2, 0) is 54.3 Å². The second-order valence-corrected chi connectivity index (χ2v) is 16.6. The van der Waals surface area contributed by atoms with Gasteiger partial charge < -0.3 is 29.2 Å². The summed E-state index contributed by atoms with van der Waals surface area (Å²) < 4.78 is 22.8. The van der Waals surface area contributed by atoms with Gasteiger partial charge in [-0.3, -0.25) is 4.79 Å². The molecule has 0 aliphatic heterocycles. The second kappa shape index (κ2) is 23.8. The summed E-state index contributed by atoms with van der Waals surface area (Å²) in [6.07, 6.45) is 6.28. The molecule has 0 atom stereocenters. The van der Waals surface area contributed by atoms with Crippen molar-refractivity contribution in [3.8, 4) is 28.0 Å². The number of esters is 3. The van der Waals surface area contributed by atoms with Gasteiger partial charge in [0.15, 0.2) is 0 Å². The van der Waals surface area contributed by atoms with Crippen molar-refractivity contribution in [2.24, 2.45) is 10.8 Å². The van der Waals surface area contributed by atoms with E-state index in [0.717, 1.165) is 58.4 Å². The summed E-state index contributed by atoms with van der Waals surface area (Å²) in [7, 11) is 0. The van der Waals surface area contributed by atoms with E-state index in [4.69, 9.17) is 18.9 Å². The maximum Gasteiger partial charge on any atom is 0.333 e. The van der Waals surface area contributed by atoms with Crippen LogP contribution >= 0.6 is 0 Å². The van der Waals surface area contributed by atoms with Crippen molar-refractivity contribution in [1.29, 1.82) is 0 Å². The van der Waals surface area contributed by atoms with Crippen LogP contribution in [-0.4, -0.2) is 67.8 Å².